The molecule has 0 spiro atoms. The van der Waals surface area contributed by atoms with E-state index in [1.807, 2.05) is 0 Å². The molecular formula is C13H25N3O9. The summed E-state index contributed by atoms with van der Waals surface area (Å²) < 4.78 is 4.66. The number of aliphatic hydroxyl groups is 3. The molecule has 0 radical (unpaired) electrons. The second-order valence-corrected chi connectivity index (χ2v) is 4.88. The van der Waals surface area contributed by atoms with E-state index < -0.39 is 30.2 Å². The average molecular weight is 367 g/mol. The SMILES string of the molecule is CC(N)=O.NC(=O)CNC(=O)CCO.O=C(O)[C@H]1OCC(O)CC1O. The van der Waals surface area contributed by atoms with E-state index >= 15 is 0 Å². The van der Waals surface area contributed by atoms with E-state index in [2.05, 4.69) is 15.8 Å². The molecule has 9 N–H and O–H groups in total. The van der Waals surface area contributed by atoms with Gasteiger partial charge in [0.2, 0.25) is 17.7 Å². The molecule has 25 heavy (non-hydrogen) atoms. The van der Waals surface area contributed by atoms with Crippen molar-refractivity contribution < 1.29 is 44.3 Å². The number of carboxylic acid groups (broad SMARTS) is 1. The zero-order valence-corrected chi connectivity index (χ0v) is 13.8. The fourth-order valence-corrected chi connectivity index (χ4v) is 1.41. The maximum absolute atomic E-state index is 10.5. The van der Waals surface area contributed by atoms with Crippen molar-refractivity contribution in [3.05, 3.63) is 0 Å². The van der Waals surface area contributed by atoms with E-state index in [-0.39, 0.29) is 44.4 Å². The smallest absolute Gasteiger partial charge is 0.335 e. The van der Waals surface area contributed by atoms with E-state index in [9.17, 15) is 19.2 Å². The molecule has 0 aromatic carbocycles. The molecule has 3 atom stereocenters. The number of hydrogen-bond donors (Lipinski definition) is 7. The number of carboxylic acids is 1. The number of carbonyl (C=O) groups excluding carboxylic acids is 3. The monoisotopic (exact) mass is 367 g/mol. The molecule has 12 heteroatoms. The maximum Gasteiger partial charge on any atom is 0.335 e. The lowest BCUT2D eigenvalue weighted by molar-refractivity contribution is -0.173. The van der Waals surface area contributed by atoms with Crippen LogP contribution in [-0.2, 0) is 23.9 Å². The second kappa shape index (κ2) is 14.1. The van der Waals surface area contributed by atoms with Crippen LogP contribution in [0.5, 0.6) is 0 Å². The number of hydrogen-bond acceptors (Lipinski definition) is 8. The van der Waals surface area contributed by atoms with Crippen molar-refractivity contribution >= 4 is 23.7 Å². The first kappa shape index (κ1) is 25.0. The number of ether oxygens (including phenoxy) is 1. The number of primary amides is 2. The molecule has 12 nitrogen and oxygen atoms in total. The highest BCUT2D eigenvalue weighted by Gasteiger charge is 2.33. The van der Waals surface area contributed by atoms with Gasteiger partial charge in [-0.25, -0.2) is 4.79 Å². The number of aliphatic carboxylic acids is 1. The van der Waals surface area contributed by atoms with Gasteiger partial charge in [-0.1, -0.05) is 0 Å². The normalized spacial score (nSPS) is 21.5. The largest absolute Gasteiger partial charge is 0.479 e. The van der Waals surface area contributed by atoms with Crippen LogP contribution < -0.4 is 16.8 Å². The topological polar surface area (TPSA) is 222 Å². The van der Waals surface area contributed by atoms with Crippen LogP contribution in [0.3, 0.4) is 0 Å². The molecule has 0 aliphatic carbocycles. The summed E-state index contributed by atoms with van der Waals surface area (Å²) >= 11 is 0. The molecule has 0 aromatic rings. The Labute approximate surface area is 143 Å². The third kappa shape index (κ3) is 16.4. The molecule has 1 rings (SSSR count). The van der Waals surface area contributed by atoms with Crippen molar-refractivity contribution in [2.24, 2.45) is 11.5 Å². The summed E-state index contributed by atoms with van der Waals surface area (Å²) in [7, 11) is 0. The van der Waals surface area contributed by atoms with Crippen LogP contribution in [0.25, 0.3) is 0 Å². The van der Waals surface area contributed by atoms with E-state index in [4.69, 9.17) is 26.2 Å². The van der Waals surface area contributed by atoms with Crippen LogP contribution in [0.1, 0.15) is 19.8 Å². The molecular weight excluding hydrogens is 342 g/mol. The van der Waals surface area contributed by atoms with Crippen molar-refractivity contribution in [2.75, 3.05) is 19.8 Å². The van der Waals surface area contributed by atoms with Gasteiger partial charge >= 0.3 is 5.97 Å². The molecule has 1 heterocycles. The van der Waals surface area contributed by atoms with E-state index in [0.717, 1.165) is 0 Å². The number of nitrogens with one attached hydrogen (secondary N) is 1. The van der Waals surface area contributed by atoms with Gasteiger partial charge in [-0.15, -0.1) is 0 Å². The van der Waals surface area contributed by atoms with E-state index in [0.29, 0.717) is 0 Å². The van der Waals surface area contributed by atoms with Crippen molar-refractivity contribution in [2.45, 2.75) is 38.1 Å². The Morgan fingerprint density at radius 3 is 2.08 bits per heavy atom. The summed E-state index contributed by atoms with van der Waals surface area (Å²) in [5.41, 5.74) is 9.19. The quantitative estimate of drug-likeness (QED) is 0.251. The van der Waals surface area contributed by atoms with E-state index in [1.54, 1.807) is 0 Å². The van der Waals surface area contributed by atoms with Crippen molar-refractivity contribution in [3.8, 4) is 0 Å². The predicted molar refractivity (Wildman–Crippen MR) is 82.8 cm³/mol. The fraction of sp³-hybridized carbons (Fsp3) is 0.692. The minimum absolute atomic E-state index is 0.00722. The number of carbonyl (C=O) groups is 4. The first-order valence-electron chi connectivity index (χ1n) is 7.13. The molecule has 1 saturated heterocycles. The fourth-order valence-electron chi connectivity index (χ4n) is 1.41. The third-order valence-electron chi connectivity index (χ3n) is 2.37. The molecule has 0 saturated carbocycles. The number of nitrogens with two attached hydrogens (primary N) is 2. The van der Waals surface area contributed by atoms with E-state index in [1.165, 1.54) is 6.92 Å². The van der Waals surface area contributed by atoms with Crippen molar-refractivity contribution in [3.63, 3.8) is 0 Å². The zero-order chi connectivity index (χ0) is 20.0. The Balaban J connectivity index is 0. The Morgan fingerprint density at radius 2 is 1.72 bits per heavy atom. The van der Waals surface area contributed by atoms with Gasteiger partial charge in [-0.05, 0) is 0 Å². The van der Waals surface area contributed by atoms with Gasteiger partial charge in [0.05, 0.1) is 32.0 Å². The summed E-state index contributed by atoms with van der Waals surface area (Å²) in [5.74, 6) is -2.49. The lowest BCUT2D eigenvalue weighted by Crippen LogP contribution is -2.45. The van der Waals surface area contributed by atoms with Crippen LogP contribution in [0, 0.1) is 0 Å². The van der Waals surface area contributed by atoms with Gasteiger partial charge in [0.25, 0.3) is 0 Å². The minimum atomic E-state index is -1.19. The van der Waals surface area contributed by atoms with Gasteiger partial charge in [-0.3, -0.25) is 14.4 Å². The van der Waals surface area contributed by atoms with Gasteiger partial charge in [0.1, 0.15) is 0 Å². The summed E-state index contributed by atoms with van der Waals surface area (Å²) in [6.45, 7) is 0.900. The lowest BCUT2D eigenvalue weighted by Gasteiger charge is -2.27. The molecule has 3 amide bonds. The number of rotatable bonds is 5. The summed E-state index contributed by atoms with van der Waals surface area (Å²) in [6, 6.07) is 0. The van der Waals surface area contributed by atoms with Crippen LogP contribution in [0.15, 0.2) is 0 Å². The predicted octanol–water partition coefficient (Wildman–Crippen LogP) is -3.96. The Kier molecular flexibility index (Phi) is 14.1. The highest BCUT2D eigenvalue weighted by atomic mass is 16.5. The average Bonchev–Trinajstić information content (AvgIpc) is 2.45. The molecule has 0 aromatic heterocycles. The molecule has 0 bridgehead atoms. The van der Waals surface area contributed by atoms with Crippen LogP contribution in [-0.4, -0.2) is 82.2 Å². The highest BCUT2D eigenvalue weighted by Crippen LogP contribution is 2.14. The molecule has 2 unspecified atom stereocenters. The molecule has 146 valence electrons. The van der Waals surface area contributed by atoms with Gasteiger partial charge in [0, 0.05) is 19.8 Å². The van der Waals surface area contributed by atoms with Gasteiger partial charge in [-0.2, -0.15) is 0 Å². The first-order valence-corrected chi connectivity index (χ1v) is 7.13. The molecule has 1 aliphatic rings. The van der Waals surface area contributed by atoms with Gasteiger partial charge < -0.3 is 41.9 Å². The van der Waals surface area contributed by atoms with Crippen LogP contribution in [0.4, 0.5) is 0 Å². The van der Waals surface area contributed by atoms with Crippen molar-refractivity contribution in [1.82, 2.24) is 5.32 Å². The summed E-state index contributed by atoms with van der Waals surface area (Å²) in [6.07, 6.45) is -2.96. The van der Waals surface area contributed by atoms with Crippen LogP contribution >= 0.6 is 0 Å². The van der Waals surface area contributed by atoms with Crippen molar-refractivity contribution in [1.29, 1.82) is 0 Å². The number of amides is 3. The molecule has 1 aliphatic heterocycles. The maximum atomic E-state index is 10.5. The lowest BCUT2D eigenvalue weighted by atomic mass is 10.0. The summed E-state index contributed by atoms with van der Waals surface area (Å²) in [5, 5.41) is 36.8. The molecule has 1 fully saturated rings. The standard InChI is InChI=1S/C6H10O5.C5H10N2O3.C2H5NO/c7-3-1-4(8)5(6(9)10)11-2-3;6-4(9)3-7-5(10)1-2-8;1-2(3)4/h3-5,7-8H,1-2H2,(H,9,10);8H,1-3H2,(H2,6,9)(H,7,10);1H3,(H2,3,4)/t3?,4?,5-;;/m0../s1. The second-order valence-electron chi connectivity index (χ2n) is 4.88. The number of aliphatic hydroxyl groups excluding tert-OH is 3. The highest BCUT2D eigenvalue weighted by molar-refractivity contribution is 5.83. The Hall–Kier alpha value is -2.28. The first-order chi connectivity index (χ1) is 11.5. The zero-order valence-electron chi connectivity index (χ0n) is 13.8. The van der Waals surface area contributed by atoms with Crippen LogP contribution in [0.2, 0.25) is 0 Å². The summed E-state index contributed by atoms with van der Waals surface area (Å²) in [4.78, 5) is 40.0. The Morgan fingerprint density at radius 1 is 1.20 bits per heavy atom. The third-order valence-corrected chi connectivity index (χ3v) is 2.37. The minimum Gasteiger partial charge on any atom is -0.479 e. The Bertz CT molecular complexity index is 440. The van der Waals surface area contributed by atoms with Gasteiger partial charge in [0.15, 0.2) is 6.10 Å².